The van der Waals surface area contributed by atoms with Crippen LogP contribution >= 0.6 is 46.9 Å². The summed E-state index contributed by atoms with van der Waals surface area (Å²) in [6.45, 7) is 1.31. The summed E-state index contributed by atoms with van der Waals surface area (Å²) in [6.07, 6.45) is -0.519. The first-order chi connectivity index (χ1) is 11.5. The smallest absolute Gasteiger partial charge is 0.273 e. The minimum Gasteiger partial charge on any atom is -0.370 e. The number of ether oxygens (including phenoxy) is 1. The molecule has 1 unspecified atom stereocenters. The predicted octanol–water partition coefficient (Wildman–Crippen LogP) is 3.68. The molecule has 2 aromatic rings. The minimum atomic E-state index is -0.574. The number of carbonyl (C=O) groups is 1. The normalized spacial score (nSPS) is 17.3. The summed E-state index contributed by atoms with van der Waals surface area (Å²) in [5.74, 6) is -0.778. The number of nitrogens with two attached hydrogens (primary N) is 1. The highest BCUT2D eigenvalue weighted by molar-refractivity contribution is 7.09. The van der Waals surface area contributed by atoms with Gasteiger partial charge in [0.15, 0.2) is 0 Å². The Hall–Kier alpha value is -0.960. The minimum absolute atomic E-state index is 0. The first-order valence-corrected chi connectivity index (χ1v) is 8.83. The average molecular weight is 427 g/mol. The molecular weight excluding hydrogens is 412 g/mol. The number of thiazole rings is 1. The van der Waals surface area contributed by atoms with E-state index >= 15 is 0 Å². The molecule has 2 N–H and O–H groups in total. The van der Waals surface area contributed by atoms with Gasteiger partial charge in [-0.25, -0.2) is 9.37 Å². The van der Waals surface area contributed by atoms with E-state index in [1.807, 2.05) is 0 Å². The van der Waals surface area contributed by atoms with Crippen molar-refractivity contribution in [1.29, 1.82) is 0 Å². The Labute approximate surface area is 164 Å². The van der Waals surface area contributed by atoms with Crippen LogP contribution in [0.5, 0.6) is 0 Å². The monoisotopic (exact) mass is 425 g/mol. The van der Waals surface area contributed by atoms with E-state index in [1.54, 1.807) is 10.3 Å². The van der Waals surface area contributed by atoms with E-state index in [1.165, 1.54) is 23.5 Å². The summed E-state index contributed by atoms with van der Waals surface area (Å²) in [6, 6.07) is 2.59. The van der Waals surface area contributed by atoms with Crippen molar-refractivity contribution >= 4 is 52.9 Å². The molecule has 1 aromatic heterocycles. The van der Waals surface area contributed by atoms with E-state index in [0.717, 1.165) is 0 Å². The molecule has 3 rings (SSSR count). The summed E-state index contributed by atoms with van der Waals surface area (Å²) < 4.78 is 19.4. The molecule has 1 saturated heterocycles. The molecule has 1 atom stereocenters. The van der Waals surface area contributed by atoms with Gasteiger partial charge in [-0.05, 0) is 12.1 Å². The SMILES string of the molecule is Cl.NCc1nc(C(=O)N2CCOC(c3cc(F)c(Cl)cc3Cl)C2)cs1. The van der Waals surface area contributed by atoms with Crippen molar-refractivity contribution in [2.75, 3.05) is 19.7 Å². The van der Waals surface area contributed by atoms with Crippen molar-refractivity contribution in [2.24, 2.45) is 5.73 Å². The number of hydrogen-bond acceptors (Lipinski definition) is 5. The van der Waals surface area contributed by atoms with Gasteiger partial charge in [-0.3, -0.25) is 4.79 Å². The number of nitrogens with zero attached hydrogens (tertiary/aromatic N) is 2. The quantitative estimate of drug-likeness (QED) is 0.760. The zero-order chi connectivity index (χ0) is 17.3. The van der Waals surface area contributed by atoms with E-state index in [2.05, 4.69) is 4.98 Å². The van der Waals surface area contributed by atoms with Gasteiger partial charge < -0.3 is 15.4 Å². The van der Waals surface area contributed by atoms with Gasteiger partial charge in [0, 0.05) is 29.1 Å². The van der Waals surface area contributed by atoms with Gasteiger partial charge in [0.25, 0.3) is 5.91 Å². The standard InChI is InChI=1S/C15H14Cl2FN3O2S.ClH/c16-9-4-10(17)11(18)3-8(9)13-6-21(1-2-23-13)15(22)12-7-24-14(5-19)20-12;/h3-4,7,13H,1-2,5-6,19H2;1H. The van der Waals surface area contributed by atoms with Crippen LogP contribution in [0.3, 0.4) is 0 Å². The molecule has 2 heterocycles. The second-order valence-electron chi connectivity index (χ2n) is 5.23. The number of rotatable bonds is 3. The first-order valence-electron chi connectivity index (χ1n) is 7.19. The molecule has 0 radical (unpaired) electrons. The Bertz CT molecular complexity index is 774. The summed E-state index contributed by atoms with van der Waals surface area (Å²) in [4.78, 5) is 18.4. The average Bonchev–Trinajstić information content (AvgIpc) is 3.06. The van der Waals surface area contributed by atoms with Gasteiger partial charge in [0.2, 0.25) is 0 Å². The Morgan fingerprint density at radius 2 is 2.20 bits per heavy atom. The van der Waals surface area contributed by atoms with E-state index in [-0.39, 0.29) is 29.9 Å². The Morgan fingerprint density at radius 1 is 1.44 bits per heavy atom. The lowest BCUT2D eigenvalue weighted by molar-refractivity contribution is -0.0230. The summed E-state index contributed by atoms with van der Waals surface area (Å²) in [5, 5.41) is 2.64. The lowest BCUT2D eigenvalue weighted by atomic mass is 10.1. The highest BCUT2D eigenvalue weighted by atomic mass is 35.5. The number of hydrogen-bond donors (Lipinski definition) is 1. The maximum absolute atomic E-state index is 13.7. The molecule has 0 bridgehead atoms. The second kappa shape index (κ2) is 8.62. The van der Waals surface area contributed by atoms with Crippen molar-refractivity contribution < 1.29 is 13.9 Å². The lowest BCUT2D eigenvalue weighted by Gasteiger charge is -2.33. The van der Waals surface area contributed by atoms with Gasteiger partial charge in [-0.15, -0.1) is 23.7 Å². The molecule has 0 spiro atoms. The molecule has 1 aliphatic rings. The fourth-order valence-corrected chi connectivity index (χ4v) is 3.62. The molecule has 0 saturated carbocycles. The number of amides is 1. The Morgan fingerprint density at radius 3 is 2.88 bits per heavy atom. The number of benzene rings is 1. The number of carbonyl (C=O) groups excluding carboxylic acids is 1. The number of morpholine rings is 1. The number of aromatic nitrogens is 1. The Kier molecular flexibility index (Phi) is 7.01. The summed E-state index contributed by atoms with van der Waals surface area (Å²) >= 11 is 13.2. The second-order valence-corrected chi connectivity index (χ2v) is 6.99. The highest BCUT2D eigenvalue weighted by Gasteiger charge is 2.29. The molecule has 136 valence electrons. The van der Waals surface area contributed by atoms with E-state index in [0.29, 0.717) is 41.0 Å². The summed E-state index contributed by atoms with van der Waals surface area (Å²) in [5.41, 5.74) is 6.35. The highest BCUT2D eigenvalue weighted by Crippen LogP contribution is 2.32. The molecule has 0 aliphatic carbocycles. The number of halogens is 4. The Balaban J connectivity index is 0.00000225. The van der Waals surface area contributed by atoms with Crippen molar-refractivity contribution in [2.45, 2.75) is 12.6 Å². The zero-order valence-corrected chi connectivity index (χ0v) is 16.0. The fourth-order valence-electron chi connectivity index (χ4n) is 2.47. The van der Waals surface area contributed by atoms with Crippen LogP contribution in [0.4, 0.5) is 4.39 Å². The van der Waals surface area contributed by atoms with Gasteiger partial charge in [-0.1, -0.05) is 23.2 Å². The molecule has 25 heavy (non-hydrogen) atoms. The van der Waals surface area contributed by atoms with Gasteiger partial charge in [-0.2, -0.15) is 0 Å². The van der Waals surface area contributed by atoms with Crippen LogP contribution in [0, 0.1) is 5.82 Å². The fraction of sp³-hybridized carbons (Fsp3) is 0.333. The van der Waals surface area contributed by atoms with Crippen LogP contribution in [-0.2, 0) is 11.3 Å². The van der Waals surface area contributed by atoms with Crippen LogP contribution in [0.25, 0.3) is 0 Å². The third kappa shape index (κ3) is 4.42. The first kappa shape index (κ1) is 20.4. The maximum atomic E-state index is 13.7. The molecule has 5 nitrogen and oxygen atoms in total. The van der Waals surface area contributed by atoms with E-state index in [4.69, 9.17) is 33.7 Å². The van der Waals surface area contributed by atoms with Crippen molar-refractivity contribution in [1.82, 2.24) is 9.88 Å². The largest absolute Gasteiger partial charge is 0.370 e. The third-order valence-electron chi connectivity index (χ3n) is 3.69. The van der Waals surface area contributed by atoms with E-state index in [9.17, 15) is 9.18 Å². The van der Waals surface area contributed by atoms with Gasteiger partial charge >= 0.3 is 0 Å². The predicted molar refractivity (Wildman–Crippen MR) is 98.3 cm³/mol. The summed E-state index contributed by atoms with van der Waals surface area (Å²) in [7, 11) is 0. The van der Waals surface area contributed by atoms with Crippen LogP contribution in [0.15, 0.2) is 17.5 Å². The van der Waals surface area contributed by atoms with Crippen LogP contribution < -0.4 is 5.73 Å². The maximum Gasteiger partial charge on any atom is 0.273 e. The van der Waals surface area contributed by atoms with Crippen molar-refractivity contribution in [3.63, 3.8) is 0 Å². The molecule has 10 heteroatoms. The molecule has 1 amide bonds. The van der Waals surface area contributed by atoms with E-state index < -0.39 is 11.9 Å². The van der Waals surface area contributed by atoms with Crippen molar-refractivity contribution in [3.05, 3.63) is 49.6 Å². The topological polar surface area (TPSA) is 68.5 Å². The molecule has 1 aliphatic heterocycles. The van der Waals surface area contributed by atoms with Gasteiger partial charge in [0.05, 0.1) is 18.2 Å². The van der Waals surface area contributed by atoms with Crippen LogP contribution in [0.2, 0.25) is 10.0 Å². The van der Waals surface area contributed by atoms with Crippen molar-refractivity contribution in [3.8, 4) is 0 Å². The molecule has 1 aromatic carbocycles. The zero-order valence-electron chi connectivity index (χ0n) is 12.9. The third-order valence-corrected chi connectivity index (χ3v) is 5.17. The van der Waals surface area contributed by atoms with Gasteiger partial charge in [0.1, 0.15) is 22.6 Å². The molecule has 1 fully saturated rings. The van der Waals surface area contributed by atoms with Crippen LogP contribution in [0.1, 0.15) is 27.2 Å². The van der Waals surface area contributed by atoms with Crippen LogP contribution in [-0.4, -0.2) is 35.5 Å². The molecular formula is C15H15Cl3FN3O2S. The lowest BCUT2D eigenvalue weighted by Crippen LogP contribution is -2.42.